The lowest BCUT2D eigenvalue weighted by Crippen LogP contribution is -2.22. The average Bonchev–Trinajstić information content (AvgIpc) is 1.82. The van der Waals surface area contributed by atoms with Crippen LogP contribution in [0.4, 0.5) is 4.79 Å². The van der Waals surface area contributed by atoms with Crippen LogP contribution in [0.5, 0.6) is 0 Å². The third-order valence-corrected chi connectivity index (χ3v) is 1.95. The first kappa shape index (κ1) is 9.95. The highest BCUT2D eigenvalue weighted by molar-refractivity contribution is 9.18. The normalized spacial score (nSPS) is 10.1. The fraction of sp³-hybridized carbons (Fsp3) is 0.857. The van der Waals surface area contributed by atoms with Gasteiger partial charge in [0.25, 0.3) is 4.82 Å². The van der Waals surface area contributed by atoms with Gasteiger partial charge in [-0.15, -0.1) is 0 Å². The largest absolute Gasteiger partial charge is 0.336 e. The highest BCUT2D eigenvalue weighted by Crippen LogP contribution is 2.02. The minimum atomic E-state index is -0.0341. The Kier molecular flexibility index (Phi) is 4.69. The van der Waals surface area contributed by atoms with Crippen molar-refractivity contribution < 1.29 is 4.79 Å². The van der Waals surface area contributed by atoms with Crippen LogP contribution < -0.4 is 0 Å². The van der Waals surface area contributed by atoms with Crippen molar-refractivity contribution in [1.82, 2.24) is 4.90 Å². The standard InChI is InChI=1S/C7H14BrNO/c1-6(2)4-5-9(3)7(8)10/h6H,4-5H2,1-3H3. The van der Waals surface area contributed by atoms with Crippen molar-refractivity contribution >= 4 is 20.7 Å². The quantitative estimate of drug-likeness (QED) is 0.515. The Morgan fingerprint density at radius 2 is 2.10 bits per heavy atom. The van der Waals surface area contributed by atoms with Crippen molar-refractivity contribution in [3.8, 4) is 0 Å². The van der Waals surface area contributed by atoms with Crippen LogP contribution in [0.2, 0.25) is 0 Å². The predicted octanol–water partition coefficient (Wildman–Crippen LogP) is 2.48. The van der Waals surface area contributed by atoms with E-state index in [0.717, 1.165) is 13.0 Å². The van der Waals surface area contributed by atoms with E-state index in [1.165, 1.54) is 0 Å². The van der Waals surface area contributed by atoms with E-state index in [4.69, 9.17) is 0 Å². The van der Waals surface area contributed by atoms with E-state index in [1.54, 1.807) is 11.9 Å². The molecule has 0 fully saturated rings. The molecular weight excluding hydrogens is 194 g/mol. The highest BCUT2D eigenvalue weighted by atomic mass is 79.9. The maximum Gasteiger partial charge on any atom is 0.289 e. The summed E-state index contributed by atoms with van der Waals surface area (Å²) < 4.78 is 0. The van der Waals surface area contributed by atoms with Gasteiger partial charge >= 0.3 is 0 Å². The van der Waals surface area contributed by atoms with Crippen molar-refractivity contribution in [1.29, 1.82) is 0 Å². The molecule has 0 aliphatic rings. The molecule has 0 saturated heterocycles. The average molecular weight is 208 g/mol. The number of nitrogens with zero attached hydrogens (tertiary/aromatic N) is 1. The molecule has 0 aromatic carbocycles. The van der Waals surface area contributed by atoms with Gasteiger partial charge in [0.2, 0.25) is 0 Å². The molecule has 0 aliphatic heterocycles. The number of rotatable bonds is 3. The minimum absolute atomic E-state index is 0.0341. The van der Waals surface area contributed by atoms with Gasteiger partial charge in [0.05, 0.1) is 0 Å². The van der Waals surface area contributed by atoms with Crippen molar-refractivity contribution in [2.75, 3.05) is 13.6 Å². The first-order valence-corrected chi connectivity index (χ1v) is 4.24. The molecule has 0 atom stereocenters. The molecule has 0 heterocycles. The molecule has 0 aromatic rings. The Hall–Kier alpha value is -0.0500. The first-order chi connectivity index (χ1) is 4.54. The zero-order chi connectivity index (χ0) is 8.15. The van der Waals surface area contributed by atoms with Gasteiger partial charge in [-0.3, -0.25) is 4.79 Å². The molecular formula is C7H14BrNO. The molecule has 1 amide bonds. The number of hydrogen-bond donors (Lipinski definition) is 0. The Morgan fingerprint density at radius 3 is 2.40 bits per heavy atom. The van der Waals surface area contributed by atoms with E-state index in [2.05, 4.69) is 29.8 Å². The summed E-state index contributed by atoms with van der Waals surface area (Å²) in [6.07, 6.45) is 1.06. The van der Waals surface area contributed by atoms with Crippen LogP contribution in [-0.2, 0) is 0 Å². The summed E-state index contributed by atoms with van der Waals surface area (Å²) in [5, 5.41) is 0. The Bertz CT molecular complexity index is 114. The molecule has 0 N–H and O–H groups in total. The highest BCUT2D eigenvalue weighted by Gasteiger charge is 2.03. The predicted molar refractivity (Wildman–Crippen MR) is 46.4 cm³/mol. The first-order valence-electron chi connectivity index (χ1n) is 3.44. The fourth-order valence-electron chi connectivity index (χ4n) is 0.540. The summed E-state index contributed by atoms with van der Waals surface area (Å²) in [6, 6.07) is 0. The van der Waals surface area contributed by atoms with E-state index in [-0.39, 0.29) is 4.82 Å². The Balaban J connectivity index is 3.40. The fourth-order valence-corrected chi connectivity index (χ4v) is 0.717. The minimum Gasteiger partial charge on any atom is -0.336 e. The third kappa shape index (κ3) is 4.79. The van der Waals surface area contributed by atoms with E-state index >= 15 is 0 Å². The van der Waals surface area contributed by atoms with Crippen LogP contribution in [0.15, 0.2) is 0 Å². The van der Waals surface area contributed by atoms with Gasteiger partial charge in [-0.05, 0) is 12.3 Å². The van der Waals surface area contributed by atoms with Gasteiger partial charge in [0.15, 0.2) is 0 Å². The van der Waals surface area contributed by atoms with Crippen LogP contribution in [0.3, 0.4) is 0 Å². The summed E-state index contributed by atoms with van der Waals surface area (Å²) >= 11 is 2.88. The summed E-state index contributed by atoms with van der Waals surface area (Å²) in [5.74, 6) is 0.661. The van der Waals surface area contributed by atoms with E-state index in [0.29, 0.717) is 5.92 Å². The van der Waals surface area contributed by atoms with E-state index in [9.17, 15) is 4.79 Å². The molecule has 0 unspecified atom stereocenters. The third-order valence-electron chi connectivity index (χ3n) is 1.34. The molecule has 0 aromatic heterocycles. The second kappa shape index (κ2) is 4.72. The number of carbonyl (C=O) groups excluding carboxylic acids is 1. The molecule has 3 heteroatoms. The van der Waals surface area contributed by atoms with Crippen LogP contribution in [0, 0.1) is 5.92 Å². The molecule has 10 heavy (non-hydrogen) atoms. The van der Waals surface area contributed by atoms with Gasteiger partial charge in [0, 0.05) is 29.5 Å². The van der Waals surface area contributed by atoms with E-state index < -0.39 is 0 Å². The van der Waals surface area contributed by atoms with Gasteiger partial charge < -0.3 is 4.90 Å². The van der Waals surface area contributed by atoms with E-state index in [1.807, 2.05) is 0 Å². The maximum absolute atomic E-state index is 10.6. The lowest BCUT2D eigenvalue weighted by atomic mass is 10.1. The summed E-state index contributed by atoms with van der Waals surface area (Å²) in [6.45, 7) is 5.13. The second-order valence-electron chi connectivity index (χ2n) is 2.86. The molecule has 0 spiro atoms. The molecule has 0 aliphatic carbocycles. The number of amides is 1. The number of hydrogen-bond acceptors (Lipinski definition) is 1. The van der Waals surface area contributed by atoms with Gasteiger partial charge in [0.1, 0.15) is 0 Å². The Morgan fingerprint density at radius 1 is 1.60 bits per heavy atom. The second-order valence-corrected chi connectivity index (χ2v) is 3.54. The lowest BCUT2D eigenvalue weighted by Gasteiger charge is -2.14. The zero-order valence-electron chi connectivity index (χ0n) is 6.72. The lowest BCUT2D eigenvalue weighted by molar-refractivity contribution is 0.232. The van der Waals surface area contributed by atoms with Crippen LogP contribution in [0.25, 0.3) is 0 Å². The van der Waals surface area contributed by atoms with Gasteiger partial charge in [-0.2, -0.15) is 0 Å². The zero-order valence-corrected chi connectivity index (χ0v) is 8.31. The van der Waals surface area contributed by atoms with Gasteiger partial charge in [-0.1, -0.05) is 13.8 Å². The molecule has 0 saturated carbocycles. The van der Waals surface area contributed by atoms with Crippen molar-refractivity contribution in [2.24, 2.45) is 5.92 Å². The number of halogens is 1. The molecule has 0 bridgehead atoms. The van der Waals surface area contributed by atoms with Crippen molar-refractivity contribution in [3.05, 3.63) is 0 Å². The molecule has 0 rings (SSSR count). The van der Waals surface area contributed by atoms with Crippen LogP contribution in [-0.4, -0.2) is 23.3 Å². The summed E-state index contributed by atoms with van der Waals surface area (Å²) in [7, 11) is 1.79. The molecule has 0 radical (unpaired) electrons. The summed E-state index contributed by atoms with van der Waals surface area (Å²) in [5.41, 5.74) is 0. The van der Waals surface area contributed by atoms with Crippen LogP contribution >= 0.6 is 15.9 Å². The topological polar surface area (TPSA) is 20.3 Å². The van der Waals surface area contributed by atoms with Crippen LogP contribution in [0.1, 0.15) is 20.3 Å². The van der Waals surface area contributed by atoms with Crippen molar-refractivity contribution in [3.63, 3.8) is 0 Å². The number of carbonyl (C=O) groups is 1. The smallest absolute Gasteiger partial charge is 0.289 e. The Labute approximate surface area is 70.7 Å². The van der Waals surface area contributed by atoms with Gasteiger partial charge in [-0.25, -0.2) is 0 Å². The monoisotopic (exact) mass is 207 g/mol. The molecule has 2 nitrogen and oxygen atoms in total. The van der Waals surface area contributed by atoms with Crippen molar-refractivity contribution in [2.45, 2.75) is 20.3 Å². The maximum atomic E-state index is 10.6. The SMILES string of the molecule is CC(C)CCN(C)C(=O)Br. The summed E-state index contributed by atoms with van der Waals surface area (Å²) in [4.78, 5) is 12.2. The molecule has 60 valence electrons.